The van der Waals surface area contributed by atoms with Gasteiger partial charge < -0.3 is 19.8 Å². The van der Waals surface area contributed by atoms with E-state index in [0.29, 0.717) is 16.4 Å². The van der Waals surface area contributed by atoms with Crippen molar-refractivity contribution in [2.24, 2.45) is 0 Å². The maximum atomic E-state index is 12.1. The zero-order valence-corrected chi connectivity index (χ0v) is 16.0. The van der Waals surface area contributed by atoms with Crippen molar-refractivity contribution in [1.29, 1.82) is 0 Å². The number of methoxy groups -OCH3 is 1. The van der Waals surface area contributed by atoms with Crippen molar-refractivity contribution < 1.29 is 18.7 Å². The number of aromatic nitrogens is 1. The number of anilines is 1. The first-order chi connectivity index (χ1) is 13.0. The summed E-state index contributed by atoms with van der Waals surface area (Å²) in [5.41, 5.74) is 2.09. The number of thiazole rings is 1. The van der Waals surface area contributed by atoms with Crippen LogP contribution < -0.4 is 15.4 Å². The molecule has 7 nitrogen and oxygen atoms in total. The van der Waals surface area contributed by atoms with E-state index in [2.05, 4.69) is 15.6 Å². The summed E-state index contributed by atoms with van der Waals surface area (Å²) in [6.45, 7) is 3.59. The van der Waals surface area contributed by atoms with Gasteiger partial charge in [-0.2, -0.15) is 0 Å². The molecule has 2 heterocycles. The second-order valence-electron chi connectivity index (χ2n) is 5.82. The SMILES string of the molecule is COc1ccc(C(=O)NCC(=O)Nc2nc(-c3cc(C)oc3C)cs2)cc1. The first-order valence-corrected chi connectivity index (χ1v) is 9.09. The van der Waals surface area contributed by atoms with Gasteiger partial charge in [0.25, 0.3) is 5.91 Å². The fraction of sp³-hybridized carbons (Fsp3) is 0.211. The second kappa shape index (κ2) is 8.05. The Morgan fingerprint density at radius 1 is 1.22 bits per heavy atom. The molecule has 0 unspecified atom stereocenters. The topological polar surface area (TPSA) is 93.5 Å². The number of rotatable bonds is 6. The molecule has 3 rings (SSSR count). The minimum atomic E-state index is -0.349. The van der Waals surface area contributed by atoms with Crippen molar-refractivity contribution in [3.8, 4) is 17.0 Å². The summed E-state index contributed by atoms with van der Waals surface area (Å²) >= 11 is 1.31. The van der Waals surface area contributed by atoms with E-state index >= 15 is 0 Å². The number of aryl methyl sites for hydroxylation is 2. The van der Waals surface area contributed by atoms with E-state index in [4.69, 9.17) is 9.15 Å². The second-order valence-corrected chi connectivity index (χ2v) is 6.68. The zero-order chi connectivity index (χ0) is 19.4. The Labute approximate surface area is 160 Å². The van der Waals surface area contributed by atoms with E-state index in [1.165, 1.54) is 11.3 Å². The van der Waals surface area contributed by atoms with Crippen LogP contribution in [0.5, 0.6) is 5.75 Å². The van der Waals surface area contributed by atoms with Crippen LogP contribution in [-0.4, -0.2) is 30.5 Å². The van der Waals surface area contributed by atoms with Gasteiger partial charge in [0.2, 0.25) is 5.91 Å². The molecule has 3 aromatic rings. The third-order valence-electron chi connectivity index (χ3n) is 3.83. The normalized spacial score (nSPS) is 10.5. The molecule has 140 valence electrons. The van der Waals surface area contributed by atoms with Gasteiger partial charge in [-0.3, -0.25) is 9.59 Å². The highest BCUT2D eigenvalue weighted by Crippen LogP contribution is 2.29. The van der Waals surface area contributed by atoms with Gasteiger partial charge in [0.05, 0.1) is 19.3 Å². The minimum Gasteiger partial charge on any atom is -0.497 e. The number of furan rings is 1. The number of nitrogens with one attached hydrogen (secondary N) is 2. The van der Waals surface area contributed by atoms with Crippen LogP contribution in [0.3, 0.4) is 0 Å². The van der Waals surface area contributed by atoms with E-state index in [1.54, 1.807) is 31.4 Å². The van der Waals surface area contributed by atoms with Crippen LogP contribution >= 0.6 is 11.3 Å². The predicted octanol–water partition coefficient (Wildman–Crippen LogP) is 3.40. The molecule has 0 aliphatic rings. The fourth-order valence-electron chi connectivity index (χ4n) is 2.51. The van der Waals surface area contributed by atoms with E-state index in [-0.39, 0.29) is 18.4 Å². The number of carbonyl (C=O) groups excluding carboxylic acids is 2. The van der Waals surface area contributed by atoms with Gasteiger partial charge in [0.15, 0.2) is 5.13 Å². The van der Waals surface area contributed by atoms with Gasteiger partial charge in [-0.05, 0) is 44.2 Å². The van der Waals surface area contributed by atoms with Crippen LogP contribution in [-0.2, 0) is 4.79 Å². The van der Waals surface area contributed by atoms with Gasteiger partial charge in [-0.25, -0.2) is 4.98 Å². The molecular weight excluding hydrogens is 366 g/mol. The van der Waals surface area contributed by atoms with Gasteiger partial charge in [0.1, 0.15) is 17.3 Å². The van der Waals surface area contributed by atoms with Gasteiger partial charge in [-0.1, -0.05) is 0 Å². The third-order valence-corrected chi connectivity index (χ3v) is 4.59. The number of hydrogen-bond acceptors (Lipinski definition) is 6. The Hall–Kier alpha value is -3.13. The lowest BCUT2D eigenvalue weighted by Crippen LogP contribution is -2.32. The summed E-state index contributed by atoms with van der Waals surface area (Å²) in [7, 11) is 1.55. The molecule has 0 atom stereocenters. The van der Waals surface area contributed by atoms with Crippen LogP contribution in [0.25, 0.3) is 11.3 Å². The number of amides is 2. The minimum absolute atomic E-state index is 0.149. The molecule has 0 fully saturated rings. The Bertz CT molecular complexity index is 960. The van der Waals surface area contributed by atoms with Crippen LogP contribution in [0.4, 0.5) is 5.13 Å². The number of hydrogen-bond donors (Lipinski definition) is 2. The van der Waals surface area contributed by atoms with Crippen molar-refractivity contribution in [3.63, 3.8) is 0 Å². The molecule has 1 aromatic carbocycles. The molecule has 8 heteroatoms. The molecule has 0 saturated carbocycles. The molecule has 0 saturated heterocycles. The summed E-state index contributed by atoms with van der Waals surface area (Å²) in [5.74, 6) is 1.56. The molecule has 0 radical (unpaired) electrons. The van der Waals surface area contributed by atoms with Crippen LogP contribution in [0.1, 0.15) is 21.9 Å². The van der Waals surface area contributed by atoms with Gasteiger partial charge in [-0.15, -0.1) is 11.3 Å². The van der Waals surface area contributed by atoms with E-state index in [9.17, 15) is 9.59 Å². The first kappa shape index (κ1) is 18.7. The molecule has 2 amide bonds. The van der Waals surface area contributed by atoms with Crippen molar-refractivity contribution in [2.45, 2.75) is 13.8 Å². The molecule has 0 aliphatic heterocycles. The molecule has 0 bridgehead atoms. The van der Waals surface area contributed by atoms with Crippen LogP contribution in [0.2, 0.25) is 0 Å². The third kappa shape index (κ3) is 4.53. The smallest absolute Gasteiger partial charge is 0.251 e. The van der Waals surface area contributed by atoms with E-state index in [1.807, 2.05) is 25.3 Å². The van der Waals surface area contributed by atoms with Crippen molar-refractivity contribution in [1.82, 2.24) is 10.3 Å². The summed E-state index contributed by atoms with van der Waals surface area (Å²) in [4.78, 5) is 28.5. The quantitative estimate of drug-likeness (QED) is 0.678. The molecule has 2 aromatic heterocycles. The predicted molar refractivity (Wildman–Crippen MR) is 103 cm³/mol. The first-order valence-electron chi connectivity index (χ1n) is 8.21. The summed E-state index contributed by atoms with van der Waals surface area (Å²) < 4.78 is 10.6. The van der Waals surface area contributed by atoms with Crippen molar-refractivity contribution >= 4 is 28.3 Å². The molecule has 27 heavy (non-hydrogen) atoms. The van der Waals surface area contributed by atoms with Gasteiger partial charge in [0, 0.05) is 16.5 Å². The highest BCUT2D eigenvalue weighted by atomic mass is 32.1. The van der Waals surface area contributed by atoms with E-state index < -0.39 is 0 Å². The fourth-order valence-corrected chi connectivity index (χ4v) is 3.24. The highest BCUT2D eigenvalue weighted by Gasteiger charge is 2.13. The summed E-state index contributed by atoms with van der Waals surface area (Å²) in [6, 6.07) is 8.55. The van der Waals surface area contributed by atoms with Crippen molar-refractivity contribution in [2.75, 3.05) is 19.0 Å². The maximum Gasteiger partial charge on any atom is 0.251 e. The number of carbonyl (C=O) groups is 2. The lowest BCUT2D eigenvalue weighted by Gasteiger charge is -2.06. The highest BCUT2D eigenvalue weighted by molar-refractivity contribution is 7.14. The van der Waals surface area contributed by atoms with Gasteiger partial charge >= 0.3 is 0 Å². The zero-order valence-electron chi connectivity index (χ0n) is 15.2. The number of nitrogens with zero attached hydrogens (tertiary/aromatic N) is 1. The van der Waals surface area contributed by atoms with Crippen LogP contribution in [0, 0.1) is 13.8 Å². The Morgan fingerprint density at radius 2 is 1.96 bits per heavy atom. The average Bonchev–Trinajstić information content (AvgIpc) is 3.25. The molecule has 0 spiro atoms. The number of benzene rings is 1. The standard InChI is InChI=1S/C19H19N3O4S/c1-11-8-15(12(2)26-11)16-10-27-19(21-16)22-17(23)9-20-18(24)13-4-6-14(25-3)7-5-13/h4-8,10H,9H2,1-3H3,(H,20,24)(H,21,22,23). The number of ether oxygens (including phenoxy) is 1. The van der Waals surface area contributed by atoms with E-state index in [0.717, 1.165) is 22.8 Å². The summed E-state index contributed by atoms with van der Waals surface area (Å²) in [5, 5.41) is 7.58. The average molecular weight is 385 g/mol. The monoisotopic (exact) mass is 385 g/mol. The molecule has 2 N–H and O–H groups in total. The largest absolute Gasteiger partial charge is 0.497 e. The van der Waals surface area contributed by atoms with Crippen molar-refractivity contribution in [3.05, 3.63) is 52.8 Å². The Balaban J connectivity index is 1.55. The summed E-state index contributed by atoms with van der Waals surface area (Å²) in [6.07, 6.45) is 0. The molecular formula is C19H19N3O4S. The Kier molecular flexibility index (Phi) is 5.56. The Morgan fingerprint density at radius 3 is 2.59 bits per heavy atom. The lowest BCUT2D eigenvalue weighted by atomic mass is 10.2. The maximum absolute atomic E-state index is 12.1. The molecule has 0 aliphatic carbocycles. The lowest BCUT2D eigenvalue weighted by molar-refractivity contribution is -0.115. The van der Waals surface area contributed by atoms with Crippen LogP contribution in [0.15, 0.2) is 40.1 Å².